The summed E-state index contributed by atoms with van der Waals surface area (Å²) in [7, 11) is 0. The quantitative estimate of drug-likeness (QED) is 0.623. The molecule has 108 valence electrons. The standard InChI is InChI=1S/C12H10N4O5/c17-10(15-8-2-1-5-13-6-8)7-14-12(18)9-3-4-11(21-9)16(19)20/h1-6H,7H2,(H,14,18)(H,15,17). The first kappa shape index (κ1) is 14.2. The van der Waals surface area contributed by atoms with Crippen LogP contribution in [-0.4, -0.2) is 28.3 Å². The number of furan rings is 1. The summed E-state index contributed by atoms with van der Waals surface area (Å²) in [4.78, 5) is 36.7. The fourth-order valence-electron chi connectivity index (χ4n) is 1.44. The van der Waals surface area contributed by atoms with E-state index in [2.05, 4.69) is 15.6 Å². The Morgan fingerprint density at radius 2 is 2.14 bits per heavy atom. The molecule has 9 heteroatoms. The lowest BCUT2D eigenvalue weighted by molar-refractivity contribution is -0.402. The largest absolute Gasteiger partial charge is 0.433 e. The number of hydrogen-bond donors (Lipinski definition) is 2. The van der Waals surface area contributed by atoms with Crippen LogP contribution >= 0.6 is 0 Å². The highest BCUT2D eigenvalue weighted by molar-refractivity contribution is 5.98. The van der Waals surface area contributed by atoms with Gasteiger partial charge in [0.25, 0.3) is 5.91 Å². The second-order valence-corrected chi connectivity index (χ2v) is 3.87. The highest BCUT2D eigenvalue weighted by Crippen LogP contribution is 2.15. The fourth-order valence-corrected chi connectivity index (χ4v) is 1.44. The van der Waals surface area contributed by atoms with Gasteiger partial charge < -0.3 is 15.1 Å². The number of nitrogens with zero attached hydrogens (tertiary/aromatic N) is 2. The maximum Gasteiger partial charge on any atom is 0.433 e. The van der Waals surface area contributed by atoms with Crippen molar-refractivity contribution >= 4 is 23.4 Å². The molecule has 0 radical (unpaired) electrons. The first-order valence-electron chi connectivity index (χ1n) is 5.78. The minimum absolute atomic E-state index is 0.240. The van der Waals surface area contributed by atoms with Gasteiger partial charge in [-0.15, -0.1) is 0 Å². The lowest BCUT2D eigenvalue weighted by atomic mass is 10.4. The molecule has 2 rings (SSSR count). The molecular weight excluding hydrogens is 280 g/mol. The van der Waals surface area contributed by atoms with Crippen molar-refractivity contribution in [3.63, 3.8) is 0 Å². The predicted octanol–water partition coefficient (Wildman–Crippen LogP) is 0.951. The molecule has 2 aromatic heterocycles. The molecule has 0 atom stereocenters. The van der Waals surface area contributed by atoms with E-state index in [1.807, 2.05) is 0 Å². The maximum absolute atomic E-state index is 11.6. The van der Waals surface area contributed by atoms with Crippen molar-refractivity contribution in [1.82, 2.24) is 10.3 Å². The maximum atomic E-state index is 11.6. The topological polar surface area (TPSA) is 127 Å². The first-order chi connectivity index (χ1) is 10.1. The van der Waals surface area contributed by atoms with Crippen LogP contribution in [0.5, 0.6) is 0 Å². The van der Waals surface area contributed by atoms with Crippen molar-refractivity contribution in [2.45, 2.75) is 0 Å². The lowest BCUT2D eigenvalue weighted by Crippen LogP contribution is -2.32. The highest BCUT2D eigenvalue weighted by atomic mass is 16.6. The number of hydrogen-bond acceptors (Lipinski definition) is 6. The third-order valence-corrected chi connectivity index (χ3v) is 2.35. The molecule has 2 amide bonds. The summed E-state index contributed by atoms with van der Waals surface area (Å²) in [5.41, 5.74) is 0.491. The summed E-state index contributed by atoms with van der Waals surface area (Å²) in [5.74, 6) is -1.96. The van der Waals surface area contributed by atoms with E-state index in [9.17, 15) is 19.7 Å². The monoisotopic (exact) mass is 290 g/mol. The zero-order valence-corrected chi connectivity index (χ0v) is 10.6. The van der Waals surface area contributed by atoms with Gasteiger partial charge in [-0.25, -0.2) is 0 Å². The lowest BCUT2D eigenvalue weighted by Gasteiger charge is -2.05. The van der Waals surface area contributed by atoms with Crippen molar-refractivity contribution in [3.8, 4) is 0 Å². The van der Waals surface area contributed by atoms with Crippen LogP contribution < -0.4 is 10.6 Å². The number of nitrogens with one attached hydrogen (secondary N) is 2. The summed E-state index contributed by atoms with van der Waals surface area (Å²) in [5, 5.41) is 15.2. The van der Waals surface area contributed by atoms with E-state index in [4.69, 9.17) is 4.42 Å². The van der Waals surface area contributed by atoms with E-state index >= 15 is 0 Å². The molecule has 2 heterocycles. The van der Waals surface area contributed by atoms with Crippen molar-refractivity contribution in [2.75, 3.05) is 11.9 Å². The van der Waals surface area contributed by atoms with Crippen LogP contribution in [0.15, 0.2) is 41.1 Å². The van der Waals surface area contributed by atoms with E-state index in [0.29, 0.717) is 5.69 Å². The number of carbonyl (C=O) groups excluding carboxylic acids is 2. The zero-order valence-electron chi connectivity index (χ0n) is 10.6. The third kappa shape index (κ3) is 3.86. The number of amides is 2. The van der Waals surface area contributed by atoms with Crippen LogP contribution in [0.3, 0.4) is 0 Å². The number of rotatable bonds is 5. The summed E-state index contributed by atoms with van der Waals surface area (Å²) >= 11 is 0. The summed E-state index contributed by atoms with van der Waals surface area (Å²) in [6, 6.07) is 5.51. The Morgan fingerprint density at radius 1 is 1.33 bits per heavy atom. The molecule has 21 heavy (non-hydrogen) atoms. The number of anilines is 1. The van der Waals surface area contributed by atoms with Crippen molar-refractivity contribution in [2.24, 2.45) is 0 Å². The molecule has 0 bridgehead atoms. The van der Waals surface area contributed by atoms with Crippen LogP contribution in [0.4, 0.5) is 11.6 Å². The molecular formula is C12H10N4O5. The molecule has 0 spiro atoms. The SMILES string of the molecule is O=C(CNC(=O)c1ccc([N+](=O)[O-])o1)Nc1cccnc1. The van der Waals surface area contributed by atoms with Gasteiger partial charge in [0, 0.05) is 6.20 Å². The number of pyridine rings is 1. The second-order valence-electron chi connectivity index (χ2n) is 3.87. The first-order valence-corrected chi connectivity index (χ1v) is 5.78. The van der Waals surface area contributed by atoms with Gasteiger partial charge >= 0.3 is 5.88 Å². The van der Waals surface area contributed by atoms with Crippen molar-refractivity contribution in [1.29, 1.82) is 0 Å². The summed E-state index contributed by atoms with van der Waals surface area (Å²) in [6.45, 7) is -0.303. The molecule has 0 saturated heterocycles. The summed E-state index contributed by atoms with van der Waals surface area (Å²) in [6.07, 6.45) is 3.01. The predicted molar refractivity (Wildman–Crippen MR) is 70.6 cm³/mol. The molecule has 0 fully saturated rings. The minimum Gasteiger partial charge on any atom is -0.395 e. The molecule has 0 aliphatic carbocycles. The highest BCUT2D eigenvalue weighted by Gasteiger charge is 2.17. The van der Waals surface area contributed by atoms with E-state index in [1.165, 1.54) is 6.20 Å². The Hall–Kier alpha value is -3.23. The number of carbonyl (C=O) groups is 2. The average molecular weight is 290 g/mol. The Bertz CT molecular complexity index is 667. The molecule has 0 saturated carbocycles. The Labute approximate surface area is 118 Å². The molecule has 0 aliphatic rings. The van der Waals surface area contributed by atoms with Crippen LogP contribution in [-0.2, 0) is 4.79 Å². The van der Waals surface area contributed by atoms with Crippen LogP contribution in [0.25, 0.3) is 0 Å². The smallest absolute Gasteiger partial charge is 0.395 e. The Balaban J connectivity index is 1.85. The van der Waals surface area contributed by atoms with Crippen LogP contribution in [0.2, 0.25) is 0 Å². The Kier molecular flexibility index (Phi) is 4.24. The van der Waals surface area contributed by atoms with Gasteiger partial charge in [0.2, 0.25) is 5.91 Å². The molecule has 2 aromatic rings. The van der Waals surface area contributed by atoms with Gasteiger partial charge in [0.05, 0.1) is 24.5 Å². The molecule has 0 aromatic carbocycles. The number of nitro groups is 1. The van der Waals surface area contributed by atoms with E-state index in [1.54, 1.807) is 18.3 Å². The Morgan fingerprint density at radius 3 is 2.76 bits per heavy atom. The van der Waals surface area contributed by atoms with Gasteiger partial charge in [-0.1, -0.05) is 0 Å². The van der Waals surface area contributed by atoms with Crippen LogP contribution in [0.1, 0.15) is 10.6 Å². The van der Waals surface area contributed by atoms with Gasteiger partial charge in [-0.3, -0.25) is 24.7 Å². The molecule has 2 N–H and O–H groups in total. The van der Waals surface area contributed by atoms with Gasteiger partial charge in [-0.2, -0.15) is 0 Å². The average Bonchev–Trinajstić information content (AvgIpc) is 2.96. The normalized spacial score (nSPS) is 9.90. The minimum atomic E-state index is -0.758. The van der Waals surface area contributed by atoms with E-state index < -0.39 is 22.6 Å². The molecule has 0 unspecified atom stereocenters. The van der Waals surface area contributed by atoms with Crippen molar-refractivity contribution < 1.29 is 18.9 Å². The zero-order chi connectivity index (χ0) is 15.2. The fraction of sp³-hybridized carbons (Fsp3) is 0.0833. The molecule has 0 aliphatic heterocycles. The molecule has 9 nitrogen and oxygen atoms in total. The van der Waals surface area contributed by atoms with Gasteiger partial charge in [0.15, 0.2) is 5.76 Å². The van der Waals surface area contributed by atoms with Gasteiger partial charge in [-0.05, 0) is 18.2 Å². The number of aromatic nitrogens is 1. The third-order valence-electron chi connectivity index (χ3n) is 2.35. The second kappa shape index (κ2) is 6.28. The summed E-state index contributed by atoms with van der Waals surface area (Å²) < 4.78 is 4.70. The van der Waals surface area contributed by atoms with Gasteiger partial charge in [0.1, 0.15) is 4.92 Å². The van der Waals surface area contributed by atoms with Crippen molar-refractivity contribution in [3.05, 3.63) is 52.5 Å². The van der Waals surface area contributed by atoms with E-state index in [-0.39, 0.29) is 12.3 Å². The van der Waals surface area contributed by atoms with Crippen LogP contribution in [0, 0.1) is 10.1 Å². The van der Waals surface area contributed by atoms with E-state index in [0.717, 1.165) is 12.1 Å².